The van der Waals surface area contributed by atoms with Gasteiger partial charge in [-0.1, -0.05) is 30.3 Å². The van der Waals surface area contributed by atoms with Gasteiger partial charge in [0.05, 0.1) is 0 Å². The standard InChI is InChI=1S/C10H10N4S/c11-7-8(12)13-9(14-10(7)15)6-4-2-1-3-5-6/h1-5H,11H2,(H3,12,13,14,15). The van der Waals surface area contributed by atoms with Gasteiger partial charge in [-0.15, -0.1) is 12.6 Å². The summed E-state index contributed by atoms with van der Waals surface area (Å²) in [6.07, 6.45) is 0. The second kappa shape index (κ2) is 3.78. The van der Waals surface area contributed by atoms with E-state index in [0.717, 1.165) is 5.56 Å². The Kier molecular flexibility index (Phi) is 2.47. The molecule has 0 saturated carbocycles. The van der Waals surface area contributed by atoms with E-state index in [0.29, 0.717) is 16.5 Å². The minimum absolute atomic E-state index is 0.258. The van der Waals surface area contributed by atoms with Crippen molar-refractivity contribution in [2.24, 2.45) is 0 Å². The fourth-order valence-corrected chi connectivity index (χ4v) is 1.40. The molecule has 0 atom stereocenters. The van der Waals surface area contributed by atoms with Gasteiger partial charge in [-0.25, -0.2) is 9.97 Å². The molecule has 0 fully saturated rings. The Bertz CT molecular complexity index is 461. The van der Waals surface area contributed by atoms with Crippen LogP contribution in [0.15, 0.2) is 35.4 Å². The lowest BCUT2D eigenvalue weighted by Gasteiger charge is -2.05. The average molecular weight is 218 g/mol. The molecule has 0 aliphatic rings. The smallest absolute Gasteiger partial charge is 0.162 e. The summed E-state index contributed by atoms with van der Waals surface area (Å²) in [5, 5.41) is 0.404. The fraction of sp³-hybridized carbons (Fsp3) is 0. The van der Waals surface area contributed by atoms with E-state index in [9.17, 15) is 0 Å². The van der Waals surface area contributed by atoms with Crippen molar-refractivity contribution in [3.8, 4) is 11.4 Å². The first-order valence-corrected chi connectivity index (χ1v) is 4.80. The summed E-state index contributed by atoms with van der Waals surface area (Å²) in [5.41, 5.74) is 12.4. The van der Waals surface area contributed by atoms with Crippen LogP contribution in [0.4, 0.5) is 11.5 Å². The quantitative estimate of drug-likeness (QED) is 0.502. The number of hydrogen-bond donors (Lipinski definition) is 3. The molecule has 0 saturated heterocycles. The zero-order valence-electron chi connectivity index (χ0n) is 7.88. The van der Waals surface area contributed by atoms with E-state index in [4.69, 9.17) is 11.5 Å². The lowest BCUT2D eigenvalue weighted by molar-refractivity contribution is 1.08. The predicted octanol–water partition coefficient (Wildman–Crippen LogP) is 1.60. The molecule has 0 spiro atoms. The van der Waals surface area contributed by atoms with Crippen molar-refractivity contribution in [3.05, 3.63) is 30.3 Å². The summed E-state index contributed by atoms with van der Waals surface area (Å²) < 4.78 is 0. The first-order chi connectivity index (χ1) is 7.18. The van der Waals surface area contributed by atoms with Crippen LogP contribution >= 0.6 is 12.6 Å². The van der Waals surface area contributed by atoms with Crippen LogP contribution in [0.5, 0.6) is 0 Å². The van der Waals surface area contributed by atoms with Crippen molar-refractivity contribution >= 4 is 24.1 Å². The van der Waals surface area contributed by atoms with Gasteiger partial charge >= 0.3 is 0 Å². The van der Waals surface area contributed by atoms with E-state index in [1.165, 1.54) is 0 Å². The van der Waals surface area contributed by atoms with Crippen LogP contribution in [-0.4, -0.2) is 9.97 Å². The lowest BCUT2D eigenvalue weighted by Crippen LogP contribution is -2.03. The lowest BCUT2D eigenvalue weighted by atomic mass is 10.2. The zero-order valence-corrected chi connectivity index (χ0v) is 8.78. The average Bonchev–Trinajstić information content (AvgIpc) is 2.26. The summed E-state index contributed by atoms with van der Waals surface area (Å²) in [4.78, 5) is 8.25. The van der Waals surface area contributed by atoms with Gasteiger partial charge in [0.25, 0.3) is 0 Å². The number of nitrogens with two attached hydrogens (primary N) is 2. The van der Waals surface area contributed by atoms with Crippen LogP contribution in [-0.2, 0) is 0 Å². The maximum atomic E-state index is 5.63. The molecule has 0 aliphatic heterocycles. The predicted molar refractivity (Wildman–Crippen MR) is 63.5 cm³/mol. The highest BCUT2D eigenvalue weighted by atomic mass is 32.1. The molecule has 0 amide bonds. The second-order valence-electron chi connectivity index (χ2n) is 3.04. The highest BCUT2D eigenvalue weighted by Gasteiger charge is 2.07. The van der Waals surface area contributed by atoms with Gasteiger partial charge in [-0.05, 0) is 0 Å². The van der Waals surface area contributed by atoms with Crippen molar-refractivity contribution in [2.75, 3.05) is 11.5 Å². The highest BCUT2D eigenvalue weighted by molar-refractivity contribution is 7.80. The van der Waals surface area contributed by atoms with Crippen molar-refractivity contribution in [3.63, 3.8) is 0 Å². The molecule has 0 unspecified atom stereocenters. The molecule has 1 aromatic carbocycles. The Morgan fingerprint density at radius 3 is 2.27 bits per heavy atom. The van der Waals surface area contributed by atoms with Gasteiger partial charge in [-0.2, -0.15) is 0 Å². The van der Waals surface area contributed by atoms with Crippen molar-refractivity contribution in [1.82, 2.24) is 9.97 Å². The summed E-state index contributed by atoms with van der Waals surface area (Å²) in [6.45, 7) is 0. The number of nitrogens with zero attached hydrogens (tertiary/aromatic N) is 2. The Morgan fingerprint density at radius 2 is 1.67 bits per heavy atom. The van der Waals surface area contributed by atoms with Gasteiger partial charge < -0.3 is 11.5 Å². The largest absolute Gasteiger partial charge is 0.394 e. The van der Waals surface area contributed by atoms with Crippen molar-refractivity contribution < 1.29 is 0 Å². The molecule has 15 heavy (non-hydrogen) atoms. The van der Waals surface area contributed by atoms with Gasteiger partial charge in [0.15, 0.2) is 11.6 Å². The third-order valence-electron chi connectivity index (χ3n) is 1.99. The van der Waals surface area contributed by atoms with E-state index in [2.05, 4.69) is 22.6 Å². The van der Waals surface area contributed by atoms with E-state index in [1.807, 2.05) is 30.3 Å². The maximum Gasteiger partial charge on any atom is 0.162 e. The van der Waals surface area contributed by atoms with Crippen LogP contribution in [0, 0.1) is 0 Å². The molecule has 76 valence electrons. The van der Waals surface area contributed by atoms with E-state index in [-0.39, 0.29) is 5.82 Å². The third-order valence-corrected chi connectivity index (χ3v) is 2.33. The number of anilines is 2. The van der Waals surface area contributed by atoms with E-state index in [1.54, 1.807) is 0 Å². The van der Waals surface area contributed by atoms with Crippen molar-refractivity contribution in [1.29, 1.82) is 0 Å². The zero-order chi connectivity index (χ0) is 10.8. The first-order valence-electron chi connectivity index (χ1n) is 4.36. The Balaban J connectivity index is 2.56. The summed E-state index contributed by atoms with van der Waals surface area (Å²) >= 11 is 4.13. The fourth-order valence-electron chi connectivity index (χ4n) is 1.19. The Morgan fingerprint density at radius 1 is 1.00 bits per heavy atom. The number of benzene rings is 1. The van der Waals surface area contributed by atoms with Crippen LogP contribution in [0.25, 0.3) is 11.4 Å². The molecule has 4 nitrogen and oxygen atoms in total. The van der Waals surface area contributed by atoms with Crippen LogP contribution in [0.2, 0.25) is 0 Å². The Hall–Kier alpha value is -1.75. The molecule has 0 radical (unpaired) electrons. The number of rotatable bonds is 1. The third kappa shape index (κ3) is 1.87. The normalized spacial score (nSPS) is 10.2. The molecule has 2 aromatic rings. The molecule has 0 bridgehead atoms. The van der Waals surface area contributed by atoms with Crippen LogP contribution in [0.1, 0.15) is 0 Å². The number of nitrogen functional groups attached to an aromatic ring is 2. The summed E-state index contributed by atoms with van der Waals surface area (Å²) in [7, 11) is 0. The first kappa shape index (κ1) is 9.79. The molecule has 2 rings (SSSR count). The molecular formula is C10H10N4S. The minimum Gasteiger partial charge on any atom is -0.394 e. The van der Waals surface area contributed by atoms with Gasteiger partial charge in [0, 0.05) is 5.56 Å². The minimum atomic E-state index is 0.258. The summed E-state index contributed by atoms with van der Waals surface area (Å²) in [6, 6.07) is 9.54. The SMILES string of the molecule is Nc1nc(-c2ccccc2)nc(S)c1N. The molecule has 1 heterocycles. The second-order valence-corrected chi connectivity index (χ2v) is 3.46. The molecule has 4 N–H and O–H groups in total. The highest BCUT2D eigenvalue weighted by Crippen LogP contribution is 2.23. The molecule has 0 aliphatic carbocycles. The van der Waals surface area contributed by atoms with Gasteiger partial charge in [-0.3, -0.25) is 0 Å². The molecule has 5 heteroatoms. The molecule has 1 aromatic heterocycles. The number of thiol groups is 1. The van der Waals surface area contributed by atoms with Gasteiger partial charge in [0.2, 0.25) is 0 Å². The monoisotopic (exact) mass is 218 g/mol. The van der Waals surface area contributed by atoms with Crippen LogP contribution < -0.4 is 11.5 Å². The van der Waals surface area contributed by atoms with Crippen LogP contribution in [0.3, 0.4) is 0 Å². The summed E-state index contributed by atoms with van der Waals surface area (Å²) in [5.74, 6) is 0.793. The molecular weight excluding hydrogens is 208 g/mol. The topological polar surface area (TPSA) is 77.8 Å². The van der Waals surface area contributed by atoms with E-state index < -0.39 is 0 Å². The number of hydrogen-bond acceptors (Lipinski definition) is 5. The maximum absolute atomic E-state index is 5.63. The Labute approximate surface area is 92.8 Å². The van der Waals surface area contributed by atoms with Gasteiger partial charge in [0.1, 0.15) is 10.7 Å². The number of aromatic nitrogens is 2. The van der Waals surface area contributed by atoms with E-state index >= 15 is 0 Å². The van der Waals surface area contributed by atoms with Crippen molar-refractivity contribution in [2.45, 2.75) is 5.03 Å².